The molecule has 0 radical (unpaired) electrons. The van der Waals surface area contributed by atoms with Gasteiger partial charge in [0.1, 0.15) is 0 Å². The molecule has 0 aromatic carbocycles. The summed E-state index contributed by atoms with van der Waals surface area (Å²) in [5.41, 5.74) is 2.79. The fourth-order valence-electron chi connectivity index (χ4n) is 4.09. The standard InChI is InChI=1S/C14H22N4/c1-2-7-17-8-5-14(13(17)3-1)18-10-16-11-9-15-6-4-12(11)18/h10,13-15H,1-9H2. The van der Waals surface area contributed by atoms with Gasteiger partial charge in [-0.2, -0.15) is 0 Å². The highest BCUT2D eigenvalue weighted by Crippen LogP contribution is 2.36. The zero-order valence-corrected chi connectivity index (χ0v) is 10.9. The molecule has 2 saturated heterocycles. The maximum atomic E-state index is 4.62. The first-order valence-corrected chi connectivity index (χ1v) is 7.43. The molecule has 2 fully saturated rings. The number of nitrogens with zero attached hydrogens (tertiary/aromatic N) is 3. The van der Waals surface area contributed by atoms with Crippen LogP contribution in [-0.2, 0) is 13.0 Å². The molecule has 0 spiro atoms. The molecule has 1 N–H and O–H groups in total. The summed E-state index contributed by atoms with van der Waals surface area (Å²) >= 11 is 0. The molecule has 4 heterocycles. The van der Waals surface area contributed by atoms with Crippen LogP contribution in [0.4, 0.5) is 0 Å². The van der Waals surface area contributed by atoms with Crippen molar-refractivity contribution in [2.45, 2.75) is 50.7 Å². The number of hydrogen-bond acceptors (Lipinski definition) is 3. The van der Waals surface area contributed by atoms with Gasteiger partial charge in [-0.15, -0.1) is 0 Å². The van der Waals surface area contributed by atoms with Crippen LogP contribution in [0, 0.1) is 0 Å². The molecule has 18 heavy (non-hydrogen) atoms. The molecule has 4 nitrogen and oxygen atoms in total. The molecule has 2 atom stereocenters. The van der Waals surface area contributed by atoms with Crippen LogP contribution in [0.5, 0.6) is 0 Å². The van der Waals surface area contributed by atoms with E-state index in [1.165, 1.54) is 50.2 Å². The van der Waals surface area contributed by atoms with E-state index < -0.39 is 0 Å². The number of rotatable bonds is 1. The quantitative estimate of drug-likeness (QED) is 0.811. The summed E-state index contributed by atoms with van der Waals surface area (Å²) in [6.45, 7) is 4.68. The Kier molecular flexibility index (Phi) is 2.66. The lowest BCUT2D eigenvalue weighted by Gasteiger charge is -2.33. The first kappa shape index (κ1) is 11.0. The lowest BCUT2D eigenvalue weighted by atomic mass is 9.98. The van der Waals surface area contributed by atoms with Crippen molar-refractivity contribution in [3.8, 4) is 0 Å². The topological polar surface area (TPSA) is 33.1 Å². The van der Waals surface area contributed by atoms with Crippen molar-refractivity contribution >= 4 is 0 Å². The average molecular weight is 246 g/mol. The smallest absolute Gasteiger partial charge is 0.0955 e. The van der Waals surface area contributed by atoms with Crippen LogP contribution in [0.3, 0.4) is 0 Å². The zero-order valence-electron chi connectivity index (χ0n) is 10.9. The minimum atomic E-state index is 0.694. The molecular formula is C14H22N4. The molecule has 4 rings (SSSR count). The molecule has 98 valence electrons. The van der Waals surface area contributed by atoms with Gasteiger partial charge >= 0.3 is 0 Å². The Morgan fingerprint density at radius 3 is 3.17 bits per heavy atom. The molecule has 1 aromatic rings. The number of imidazole rings is 1. The maximum Gasteiger partial charge on any atom is 0.0955 e. The van der Waals surface area contributed by atoms with Crippen molar-refractivity contribution in [3.63, 3.8) is 0 Å². The molecule has 0 amide bonds. The third kappa shape index (κ3) is 1.62. The van der Waals surface area contributed by atoms with Crippen LogP contribution in [0.2, 0.25) is 0 Å². The van der Waals surface area contributed by atoms with Crippen molar-refractivity contribution in [1.82, 2.24) is 19.8 Å². The number of fused-ring (bicyclic) bond motifs is 2. The van der Waals surface area contributed by atoms with Gasteiger partial charge in [0.25, 0.3) is 0 Å². The predicted molar refractivity (Wildman–Crippen MR) is 70.5 cm³/mol. The van der Waals surface area contributed by atoms with Gasteiger partial charge in [-0.1, -0.05) is 6.42 Å². The van der Waals surface area contributed by atoms with Crippen molar-refractivity contribution in [2.24, 2.45) is 0 Å². The summed E-state index contributed by atoms with van der Waals surface area (Å²) in [7, 11) is 0. The van der Waals surface area contributed by atoms with E-state index in [-0.39, 0.29) is 0 Å². The van der Waals surface area contributed by atoms with E-state index >= 15 is 0 Å². The molecule has 1 aromatic heterocycles. The summed E-state index contributed by atoms with van der Waals surface area (Å²) in [6.07, 6.45) is 8.78. The molecule has 0 bridgehead atoms. The SMILES string of the molecule is c1nc2c(n1C1CCN3CCCCC13)CCNC2. The van der Waals surface area contributed by atoms with Crippen molar-refractivity contribution in [1.29, 1.82) is 0 Å². The third-order valence-electron chi connectivity index (χ3n) is 4.99. The lowest BCUT2D eigenvalue weighted by molar-refractivity contribution is 0.172. The molecule has 3 aliphatic rings. The largest absolute Gasteiger partial charge is 0.330 e. The van der Waals surface area contributed by atoms with Gasteiger partial charge in [0.15, 0.2) is 0 Å². The summed E-state index contributed by atoms with van der Waals surface area (Å²) in [5.74, 6) is 0. The molecule has 3 aliphatic heterocycles. The molecule has 0 saturated carbocycles. The highest BCUT2D eigenvalue weighted by atomic mass is 15.3. The van der Waals surface area contributed by atoms with Crippen LogP contribution in [0.25, 0.3) is 0 Å². The fourth-order valence-corrected chi connectivity index (χ4v) is 4.09. The van der Waals surface area contributed by atoms with Crippen molar-refractivity contribution in [3.05, 3.63) is 17.7 Å². The van der Waals surface area contributed by atoms with E-state index in [4.69, 9.17) is 0 Å². The first-order chi connectivity index (χ1) is 8.93. The second-order valence-corrected chi connectivity index (χ2v) is 5.93. The van der Waals surface area contributed by atoms with Crippen molar-refractivity contribution < 1.29 is 0 Å². The average Bonchev–Trinajstić information content (AvgIpc) is 3.01. The van der Waals surface area contributed by atoms with Gasteiger partial charge in [-0.3, -0.25) is 4.90 Å². The van der Waals surface area contributed by atoms with Gasteiger partial charge in [-0.05, 0) is 25.8 Å². The number of nitrogens with one attached hydrogen (secondary N) is 1. The van der Waals surface area contributed by atoms with E-state index in [1.54, 1.807) is 0 Å². The van der Waals surface area contributed by atoms with Gasteiger partial charge in [0, 0.05) is 37.8 Å². The second kappa shape index (κ2) is 4.35. The zero-order chi connectivity index (χ0) is 11.9. The monoisotopic (exact) mass is 246 g/mol. The third-order valence-corrected chi connectivity index (χ3v) is 4.99. The maximum absolute atomic E-state index is 4.62. The number of aromatic nitrogens is 2. The Labute approximate surface area is 108 Å². The summed E-state index contributed by atoms with van der Waals surface area (Å²) < 4.78 is 2.52. The highest BCUT2D eigenvalue weighted by Gasteiger charge is 2.37. The number of piperidine rings is 1. The van der Waals surface area contributed by atoms with Crippen LogP contribution in [0.1, 0.15) is 43.1 Å². The molecular weight excluding hydrogens is 224 g/mol. The van der Waals surface area contributed by atoms with Crippen LogP contribution in [0.15, 0.2) is 6.33 Å². The Morgan fingerprint density at radius 2 is 2.17 bits per heavy atom. The summed E-state index contributed by atoms with van der Waals surface area (Å²) in [6, 6.07) is 1.48. The van der Waals surface area contributed by atoms with Gasteiger partial charge in [0.05, 0.1) is 18.1 Å². The van der Waals surface area contributed by atoms with Crippen LogP contribution < -0.4 is 5.32 Å². The first-order valence-electron chi connectivity index (χ1n) is 7.43. The van der Waals surface area contributed by atoms with E-state index in [2.05, 4.69) is 26.1 Å². The van der Waals surface area contributed by atoms with Gasteiger partial charge < -0.3 is 9.88 Å². The Bertz CT molecular complexity index is 439. The fraction of sp³-hybridized carbons (Fsp3) is 0.786. The highest BCUT2D eigenvalue weighted by molar-refractivity contribution is 5.18. The summed E-state index contributed by atoms with van der Waals surface area (Å²) in [4.78, 5) is 7.33. The van der Waals surface area contributed by atoms with E-state index in [0.29, 0.717) is 6.04 Å². The van der Waals surface area contributed by atoms with E-state index in [1.807, 2.05) is 0 Å². The molecule has 0 aliphatic carbocycles. The Balaban J connectivity index is 1.65. The van der Waals surface area contributed by atoms with Crippen LogP contribution in [-0.4, -0.2) is 40.1 Å². The minimum Gasteiger partial charge on any atom is -0.330 e. The normalized spacial score (nSPS) is 32.2. The summed E-state index contributed by atoms with van der Waals surface area (Å²) in [5, 5.41) is 3.41. The predicted octanol–water partition coefficient (Wildman–Crippen LogP) is 1.33. The van der Waals surface area contributed by atoms with Gasteiger partial charge in [-0.25, -0.2) is 4.98 Å². The second-order valence-electron chi connectivity index (χ2n) is 5.93. The van der Waals surface area contributed by atoms with Crippen LogP contribution >= 0.6 is 0 Å². The van der Waals surface area contributed by atoms with E-state index in [9.17, 15) is 0 Å². The molecule has 2 unspecified atom stereocenters. The van der Waals surface area contributed by atoms with E-state index in [0.717, 1.165) is 25.6 Å². The van der Waals surface area contributed by atoms with Gasteiger partial charge in [0.2, 0.25) is 0 Å². The lowest BCUT2D eigenvalue weighted by Crippen LogP contribution is -2.38. The number of hydrogen-bond donors (Lipinski definition) is 1. The molecule has 4 heteroatoms. The Hall–Kier alpha value is -0.870. The Morgan fingerprint density at radius 1 is 1.17 bits per heavy atom. The minimum absolute atomic E-state index is 0.694. The van der Waals surface area contributed by atoms with Crippen molar-refractivity contribution in [2.75, 3.05) is 19.6 Å².